The summed E-state index contributed by atoms with van der Waals surface area (Å²) in [5, 5.41) is 6.75. The lowest BCUT2D eigenvalue weighted by Gasteiger charge is -2.06. The standard InChI is InChI=1S/C17H20FN3O2S/c1-11-15(12(2)21(3)20-11)16(22)17(23)19-8-9-24-10-13-6-4-5-7-14(13)18/h4-7H,8-10H2,1-3H3,(H,19,23). The molecule has 1 amide bonds. The van der Waals surface area contributed by atoms with Gasteiger partial charge in [-0.2, -0.15) is 16.9 Å². The van der Waals surface area contributed by atoms with Crippen LogP contribution in [0.3, 0.4) is 0 Å². The first kappa shape index (κ1) is 18.2. The molecule has 0 aliphatic rings. The van der Waals surface area contributed by atoms with E-state index in [-0.39, 0.29) is 5.82 Å². The first-order chi connectivity index (χ1) is 11.4. The molecule has 0 saturated heterocycles. The van der Waals surface area contributed by atoms with E-state index in [9.17, 15) is 14.0 Å². The Morgan fingerprint density at radius 1 is 1.29 bits per heavy atom. The van der Waals surface area contributed by atoms with Gasteiger partial charge in [0.15, 0.2) is 0 Å². The number of carbonyl (C=O) groups is 2. The fraction of sp³-hybridized carbons (Fsp3) is 0.353. The smallest absolute Gasteiger partial charge is 0.292 e. The summed E-state index contributed by atoms with van der Waals surface area (Å²) in [5.41, 5.74) is 2.20. The number of aromatic nitrogens is 2. The molecule has 0 fully saturated rings. The molecule has 0 atom stereocenters. The van der Waals surface area contributed by atoms with E-state index in [1.54, 1.807) is 43.8 Å². The highest BCUT2D eigenvalue weighted by Gasteiger charge is 2.23. The number of Topliss-reactive ketones (excluding diaryl/α,β-unsaturated/α-hetero) is 1. The Morgan fingerprint density at radius 3 is 2.62 bits per heavy atom. The Morgan fingerprint density at radius 2 is 2.00 bits per heavy atom. The molecule has 0 unspecified atom stereocenters. The number of ketones is 1. The van der Waals surface area contributed by atoms with Crippen LogP contribution in [0.5, 0.6) is 0 Å². The molecule has 7 heteroatoms. The number of aryl methyl sites for hydroxylation is 2. The minimum atomic E-state index is -0.638. The Kier molecular flexibility index (Phi) is 6.14. The highest BCUT2D eigenvalue weighted by Crippen LogP contribution is 2.15. The van der Waals surface area contributed by atoms with Gasteiger partial charge in [0.05, 0.1) is 11.3 Å². The predicted molar refractivity (Wildman–Crippen MR) is 92.6 cm³/mol. The van der Waals surface area contributed by atoms with Gasteiger partial charge in [-0.3, -0.25) is 14.3 Å². The summed E-state index contributed by atoms with van der Waals surface area (Å²) in [5.74, 6) is -0.319. The quantitative estimate of drug-likeness (QED) is 0.474. The molecule has 0 aliphatic heterocycles. The van der Waals surface area contributed by atoms with Crippen LogP contribution in [0.15, 0.2) is 24.3 Å². The summed E-state index contributed by atoms with van der Waals surface area (Å²) >= 11 is 1.50. The number of hydrogen-bond acceptors (Lipinski definition) is 4. The van der Waals surface area contributed by atoms with Crippen LogP contribution in [0.2, 0.25) is 0 Å². The van der Waals surface area contributed by atoms with Crippen molar-refractivity contribution in [1.29, 1.82) is 0 Å². The van der Waals surface area contributed by atoms with Gasteiger partial charge in [0.1, 0.15) is 5.82 Å². The van der Waals surface area contributed by atoms with Gasteiger partial charge in [-0.15, -0.1) is 0 Å². The third-order valence-corrected chi connectivity index (χ3v) is 4.70. The molecule has 128 valence electrons. The summed E-state index contributed by atoms with van der Waals surface area (Å²) in [6.45, 7) is 3.81. The lowest BCUT2D eigenvalue weighted by atomic mass is 10.1. The van der Waals surface area contributed by atoms with Crippen LogP contribution in [0.4, 0.5) is 4.39 Å². The van der Waals surface area contributed by atoms with Gasteiger partial charge in [-0.1, -0.05) is 18.2 Å². The normalized spacial score (nSPS) is 10.7. The van der Waals surface area contributed by atoms with Crippen LogP contribution in [0.1, 0.15) is 27.3 Å². The second-order valence-corrected chi connectivity index (χ2v) is 6.50. The molecule has 0 saturated carbocycles. The number of rotatable bonds is 7. The molecule has 0 spiro atoms. The van der Waals surface area contributed by atoms with Crippen molar-refractivity contribution < 1.29 is 14.0 Å². The Balaban J connectivity index is 1.79. The number of thioether (sulfide) groups is 1. The molecular formula is C17H20FN3O2S. The second-order valence-electron chi connectivity index (χ2n) is 5.40. The van der Waals surface area contributed by atoms with Crippen molar-refractivity contribution in [3.05, 3.63) is 52.6 Å². The maximum atomic E-state index is 13.5. The Labute approximate surface area is 144 Å². The van der Waals surface area contributed by atoms with Gasteiger partial charge in [0.25, 0.3) is 11.7 Å². The van der Waals surface area contributed by atoms with Gasteiger partial charge in [0, 0.05) is 30.8 Å². The van der Waals surface area contributed by atoms with Gasteiger partial charge >= 0.3 is 0 Å². The Bertz CT molecular complexity index is 758. The summed E-state index contributed by atoms with van der Waals surface area (Å²) < 4.78 is 15.0. The zero-order valence-corrected chi connectivity index (χ0v) is 14.7. The van der Waals surface area contributed by atoms with Crippen molar-refractivity contribution in [3.8, 4) is 0 Å². The summed E-state index contributed by atoms with van der Waals surface area (Å²) in [4.78, 5) is 24.2. The summed E-state index contributed by atoms with van der Waals surface area (Å²) in [6, 6.07) is 6.60. The van der Waals surface area contributed by atoms with Crippen LogP contribution in [0, 0.1) is 19.7 Å². The van der Waals surface area contributed by atoms with Crippen molar-refractivity contribution in [2.75, 3.05) is 12.3 Å². The average Bonchev–Trinajstić information content (AvgIpc) is 2.80. The zero-order valence-electron chi connectivity index (χ0n) is 13.9. The van der Waals surface area contributed by atoms with Crippen molar-refractivity contribution in [1.82, 2.24) is 15.1 Å². The lowest BCUT2D eigenvalue weighted by molar-refractivity contribution is -0.116. The third-order valence-electron chi connectivity index (χ3n) is 3.69. The monoisotopic (exact) mass is 349 g/mol. The maximum Gasteiger partial charge on any atom is 0.292 e. The molecule has 1 heterocycles. The number of benzene rings is 1. The fourth-order valence-corrected chi connectivity index (χ4v) is 3.18. The fourth-order valence-electron chi connectivity index (χ4n) is 2.33. The molecule has 1 aromatic carbocycles. The van der Waals surface area contributed by atoms with E-state index in [1.165, 1.54) is 17.8 Å². The van der Waals surface area contributed by atoms with E-state index in [2.05, 4.69) is 10.4 Å². The van der Waals surface area contributed by atoms with Crippen molar-refractivity contribution in [3.63, 3.8) is 0 Å². The topological polar surface area (TPSA) is 64.0 Å². The van der Waals surface area contributed by atoms with Gasteiger partial charge < -0.3 is 5.32 Å². The number of amides is 1. The molecule has 1 aromatic heterocycles. The first-order valence-corrected chi connectivity index (χ1v) is 8.71. The second kappa shape index (κ2) is 8.10. The van der Waals surface area contributed by atoms with E-state index in [1.807, 2.05) is 0 Å². The van der Waals surface area contributed by atoms with E-state index in [4.69, 9.17) is 0 Å². The molecular weight excluding hydrogens is 329 g/mol. The van der Waals surface area contributed by atoms with Gasteiger partial charge in [-0.05, 0) is 25.5 Å². The molecule has 2 aromatic rings. The molecule has 2 rings (SSSR count). The van der Waals surface area contributed by atoms with Crippen molar-refractivity contribution >= 4 is 23.5 Å². The Hall–Kier alpha value is -2.15. The van der Waals surface area contributed by atoms with E-state index < -0.39 is 11.7 Å². The molecule has 0 radical (unpaired) electrons. The van der Waals surface area contributed by atoms with E-state index in [0.29, 0.717) is 40.6 Å². The molecule has 0 aliphatic carbocycles. The number of halogens is 1. The van der Waals surface area contributed by atoms with Gasteiger partial charge in [0.2, 0.25) is 0 Å². The minimum absolute atomic E-state index is 0.230. The number of nitrogens with one attached hydrogen (secondary N) is 1. The lowest BCUT2D eigenvalue weighted by Crippen LogP contribution is -2.33. The highest BCUT2D eigenvalue weighted by atomic mass is 32.2. The van der Waals surface area contributed by atoms with Crippen LogP contribution >= 0.6 is 11.8 Å². The van der Waals surface area contributed by atoms with Crippen molar-refractivity contribution in [2.24, 2.45) is 7.05 Å². The first-order valence-electron chi connectivity index (χ1n) is 7.55. The van der Waals surface area contributed by atoms with Gasteiger partial charge in [-0.25, -0.2) is 4.39 Å². The highest BCUT2D eigenvalue weighted by molar-refractivity contribution is 7.98. The van der Waals surface area contributed by atoms with Crippen LogP contribution in [0.25, 0.3) is 0 Å². The number of hydrogen-bond donors (Lipinski definition) is 1. The molecule has 0 bridgehead atoms. The average molecular weight is 349 g/mol. The van der Waals surface area contributed by atoms with Crippen LogP contribution in [-0.2, 0) is 17.6 Å². The number of nitrogens with zero attached hydrogens (tertiary/aromatic N) is 2. The van der Waals surface area contributed by atoms with Crippen molar-refractivity contribution in [2.45, 2.75) is 19.6 Å². The SMILES string of the molecule is Cc1nn(C)c(C)c1C(=O)C(=O)NCCSCc1ccccc1F. The van der Waals surface area contributed by atoms with Crippen LogP contribution < -0.4 is 5.32 Å². The summed E-state index contributed by atoms with van der Waals surface area (Å²) in [6.07, 6.45) is 0. The van der Waals surface area contributed by atoms with Crippen LogP contribution in [-0.4, -0.2) is 33.8 Å². The maximum absolute atomic E-state index is 13.5. The molecule has 1 N–H and O–H groups in total. The van der Waals surface area contributed by atoms with E-state index in [0.717, 1.165) is 0 Å². The summed E-state index contributed by atoms with van der Waals surface area (Å²) in [7, 11) is 1.73. The third kappa shape index (κ3) is 4.23. The minimum Gasteiger partial charge on any atom is -0.348 e. The molecule has 5 nitrogen and oxygen atoms in total. The van der Waals surface area contributed by atoms with E-state index >= 15 is 0 Å². The largest absolute Gasteiger partial charge is 0.348 e. The molecule has 24 heavy (non-hydrogen) atoms. The number of carbonyl (C=O) groups excluding carboxylic acids is 2. The zero-order chi connectivity index (χ0) is 17.7. The predicted octanol–water partition coefficient (Wildman–Crippen LogP) is 2.41.